The van der Waals surface area contributed by atoms with E-state index in [1.165, 1.54) is 5.56 Å². The fourth-order valence-electron chi connectivity index (χ4n) is 2.48. The summed E-state index contributed by atoms with van der Waals surface area (Å²) in [6.45, 7) is 7.25. The molecular weight excluding hydrogens is 254 g/mol. The fraction of sp³-hybridized carbons (Fsp3) is 0.467. The summed E-state index contributed by atoms with van der Waals surface area (Å²) in [5.41, 5.74) is 3.47. The number of hydrogen-bond acceptors (Lipinski definition) is 2. The van der Waals surface area contributed by atoms with Crippen molar-refractivity contribution in [3.63, 3.8) is 0 Å². The summed E-state index contributed by atoms with van der Waals surface area (Å²) in [6.07, 6.45) is 0. The minimum Gasteiger partial charge on any atom is -0.353 e. The molecule has 0 bridgehead atoms. The highest BCUT2D eigenvalue weighted by molar-refractivity contribution is 5.85. The summed E-state index contributed by atoms with van der Waals surface area (Å²) in [5.74, 6) is -0.106. The van der Waals surface area contributed by atoms with Crippen molar-refractivity contribution in [3.8, 4) is 0 Å². The second-order valence-corrected chi connectivity index (χ2v) is 5.30. The number of carbonyl (C=O) groups is 2. The molecule has 0 spiro atoms. The third-order valence-corrected chi connectivity index (χ3v) is 3.56. The molecule has 0 unspecified atom stereocenters. The van der Waals surface area contributed by atoms with Crippen LogP contribution in [0.1, 0.15) is 29.7 Å². The molecule has 1 atom stereocenters. The first-order valence-corrected chi connectivity index (χ1v) is 6.86. The molecule has 0 saturated carbocycles. The molecule has 20 heavy (non-hydrogen) atoms. The Balaban J connectivity index is 2.01. The van der Waals surface area contributed by atoms with Gasteiger partial charge in [-0.1, -0.05) is 23.8 Å². The van der Waals surface area contributed by atoms with E-state index in [1.807, 2.05) is 32.9 Å². The summed E-state index contributed by atoms with van der Waals surface area (Å²) >= 11 is 0. The van der Waals surface area contributed by atoms with Crippen LogP contribution >= 0.6 is 0 Å². The van der Waals surface area contributed by atoms with Crippen molar-refractivity contribution >= 4 is 11.9 Å². The van der Waals surface area contributed by atoms with E-state index < -0.39 is 0 Å². The Morgan fingerprint density at radius 1 is 1.40 bits per heavy atom. The number of nitrogens with one attached hydrogen (secondary N) is 2. The van der Waals surface area contributed by atoms with E-state index in [2.05, 4.69) is 16.7 Å². The van der Waals surface area contributed by atoms with Gasteiger partial charge in [0.15, 0.2) is 0 Å². The quantitative estimate of drug-likeness (QED) is 0.859. The van der Waals surface area contributed by atoms with Crippen molar-refractivity contribution in [1.29, 1.82) is 0 Å². The molecule has 3 amide bonds. The standard InChI is InChI=1S/C15H21N3O2/c1-10-4-5-13(11(2)8-10)12(3)17-15(20)18-7-6-16-14(19)9-18/h4-5,8,12H,6-7,9H2,1-3H3,(H,16,19)(H,17,20)/t12-/m1/s1. The van der Waals surface area contributed by atoms with Gasteiger partial charge in [-0.2, -0.15) is 0 Å². The molecular formula is C15H21N3O2. The SMILES string of the molecule is Cc1ccc([C@@H](C)NC(=O)N2CCNC(=O)C2)c(C)c1. The molecule has 1 aromatic rings. The Labute approximate surface area is 119 Å². The summed E-state index contributed by atoms with van der Waals surface area (Å²) in [7, 11) is 0. The smallest absolute Gasteiger partial charge is 0.318 e. The summed E-state index contributed by atoms with van der Waals surface area (Å²) in [6, 6.07) is 5.92. The Morgan fingerprint density at radius 3 is 2.80 bits per heavy atom. The molecule has 5 nitrogen and oxygen atoms in total. The highest BCUT2D eigenvalue weighted by atomic mass is 16.2. The fourth-order valence-corrected chi connectivity index (χ4v) is 2.48. The van der Waals surface area contributed by atoms with Gasteiger partial charge in [-0.05, 0) is 31.9 Å². The largest absolute Gasteiger partial charge is 0.353 e. The van der Waals surface area contributed by atoms with Crippen molar-refractivity contribution in [2.24, 2.45) is 0 Å². The van der Waals surface area contributed by atoms with Crippen molar-refractivity contribution < 1.29 is 9.59 Å². The Bertz CT molecular complexity index is 528. The lowest BCUT2D eigenvalue weighted by atomic mass is 10.0. The summed E-state index contributed by atoms with van der Waals surface area (Å²) < 4.78 is 0. The number of amides is 3. The number of aryl methyl sites for hydroxylation is 2. The van der Waals surface area contributed by atoms with Crippen LogP contribution in [-0.4, -0.2) is 36.5 Å². The van der Waals surface area contributed by atoms with E-state index >= 15 is 0 Å². The minimum atomic E-state index is -0.188. The highest BCUT2D eigenvalue weighted by Crippen LogP contribution is 2.18. The number of hydrogen-bond donors (Lipinski definition) is 2. The number of piperazine rings is 1. The molecule has 2 rings (SSSR count). The van der Waals surface area contributed by atoms with Crippen LogP contribution < -0.4 is 10.6 Å². The van der Waals surface area contributed by atoms with E-state index in [0.717, 1.165) is 11.1 Å². The van der Waals surface area contributed by atoms with Crippen LogP contribution in [-0.2, 0) is 4.79 Å². The summed E-state index contributed by atoms with van der Waals surface area (Å²) in [4.78, 5) is 25.0. The molecule has 2 N–H and O–H groups in total. The molecule has 5 heteroatoms. The zero-order chi connectivity index (χ0) is 14.7. The van der Waals surface area contributed by atoms with Gasteiger partial charge in [0, 0.05) is 13.1 Å². The highest BCUT2D eigenvalue weighted by Gasteiger charge is 2.22. The first-order chi connectivity index (χ1) is 9.47. The Kier molecular flexibility index (Phi) is 4.27. The number of carbonyl (C=O) groups excluding carboxylic acids is 2. The number of urea groups is 1. The zero-order valence-electron chi connectivity index (χ0n) is 12.2. The first-order valence-electron chi connectivity index (χ1n) is 6.86. The molecule has 0 aliphatic carbocycles. The van der Waals surface area contributed by atoms with E-state index in [0.29, 0.717) is 13.1 Å². The lowest BCUT2D eigenvalue weighted by Gasteiger charge is -2.28. The van der Waals surface area contributed by atoms with Crippen LogP contribution in [0.5, 0.6) is 0 Å². The van der Waals surface area contributed by atoms with Gasteiger partial charge >= 0.3 is 6.03 Å². The normalized spacial score (nSPS) is 16.6. The molecule has 0 aromatic heterocycles. The van der Waals surface area contributed by atoms with Crippen LogP contribution in [0.3, 0.4) is 0 Å². The number of benzene rings is 1. The lowest BCUT2D eigenvalue weighted by Crippen LogP contribution is -2.53. The average molecular weight is 275 g/mol. The van der Waals surface area contributed by atoms with Gasteiger partial charge in [0.25, 0.3) is 0 Å². The van der Waals surface area contributed by atoms with Gasteiger partial charge < -0.3 is 15.5 Å². The van der Waals surface area contributed by atoms with Crippen LogP contribution in [0.2, 0.25) is 0 Å². The van der Waals surface area contributed by atoms with Crippen molar-refractivity contribution in [1.82, 2.24) is 15.5 Å². The molecule has 1 aromatic carbocycles. The predicted molar refractivity (Wildman–Crippen MR) is 77.4 cm³/mol. The number of rotatable bonds is 2. The second-order valence-electron chi connectivity index (χ2n) is 5.30. The monoisotopic (exact) mass is 275 g/mol. The molecule has 1 fully saturated rings. The van der Waals surface area contributed by atoms with Crippen LogP contribution in [0, 0.1) is 13.8 Å². The van der Waals surface area contributed by atoms with Crippen molar-refractivity contribution in [2.45, 2.75) is 26.8 Å². The van der Waals surface area contributed by atoms with Crippen LogP contribution in [0.4, 0.5) is 4.79 Å². The Hall–Kier alpha value is -2.04. The summed E-state index contributed by atoms with van der Waals surface area (Å²) in [5, 5.41) is 5.66. The van der Waals surface area contributed by atoms with Gasteiger partial charge in [0.2, 0.25) is 5.91 Å². The lowest BCUT2D eigenvalue weighted by molar-refractivity contribution is -0.123. The van der Waals surface area contributed by atoms with Gasteiger partial charge in [-0.15, -0.1) is 0 Å². The first kappa shape index (κ1) is 14.4. The third kappa shape index (κ3) is 3.29. The van der Waals surface area contributed by atoms with Gasteiger partial charge in [0.05, 0.1) is 6.04 Å². The maximum Gasteiger partial charge on any atom is 0.318 e. The molecule has 1 aliphatic heterocycles. The molecule has 1 saturated heterocycles. The molecule has 108 valence electrons. The Morgan fingerprint density at radius 2 is 2.15 bits per heavy atom. The second kappa shape index (κ2) is 5.94. The van der Waals surface area contributed by atoms with Gasteiger partial charge in [-0.25, -0.2) is 4.79 Å². The minimum absolute atomic E-state index is 0.0758. The average Bonchev–Trinajstić information content (AvgIpc) is 2.38. The van der Waals surface area contributed by atoms with Gasteiger partial charge in [0.1, 0.15) is 6.54 Å². The van der Waals surface area contributed by atoms with E-state index in [-0.39, 0.29) is 24.5 Å². The van der Waals surface area contributed by atoms with Crippen LogP contribution in [0.25, 0.3) is 0 Å². The van der Waals surface area contributed by atoms with Gasteiger partial charge in [-0.3, -0.25) is 4.79 Å². The maximum absolute atomic E-state index is 12.1. The predicted octanol–water partition coefficient (Wildman–Crippen LogP) is 1.51. The number of nitrogens with zero attached hydrogens (tertiary/aromatic N) is 1. The van der Waals surface area contributed by atoms with Crippen molar-refractivity contribution in [3.05, 3.63) is 34.9 Å². The van der Waals surface area contributed by atoms with Crippen LogP contribution in [0.15, 0.2) is 18.2 Å². The maximum atomic E-state index is 12.1. The topological polar surface area (TPSA) is 61.4 Å². The van der Waals surface area contributed by atoms with Crippen molar-refractivity contribution in [2.75, 3.05) is 19.6 Å². The molecule has 1 heterocycles. The molecule has 1 aliphatic rings. The third-order valence-electron chi connectivity index (χ3n) is 3.56. The zero-order valence-corrected chi connectivity index (χ0v) is 12.2. The van der Waals surface area contributed by atoms with E-state index in [4.69, 9.17) is 0 Å². The van der Waals surface area contributed by atoms with E-state index in [9.17, 15) is 9.59 Å². The molecule has 0 radical (unpaired) electrons. The van der Waals surface area contributed by atoms with E-state index in [1.54, 1.807) is 4.90 Å².